The predicted molar refractivity (Wildman–Crippen MR) is 126 cm³/mol. The van der Waals surface area contributed by atoms with Crippen LogP contribution in [0, 0.1) is 24.0 Å². The highest BCUT2D eigenvalue weighted by Crippen LogP contribution is 2.40. The van der Waals surface area contributed by atoms with Gasteiger partial charge in [0.15, 0.2) is 5.58 Å². The number of fused-ring (bicyclic) bond motifs is 1. The lowest BCUT2D eigenvalue weighted by Crippen LogP contribution is -1.99. The molecule has 10 heteroatoms. The lowest BCUT2D eigenvalue weighted by atomic mass is 10.0. The number of aromatic nitrogens is 1. The van der Waals surface area contributed by atoms with Crippen LogP contribution in [0.3, 0.4) is 0 Å². The topological polar surface area (TPSA) is 102 Å². The number of oxazole rings is 1. The number of phenols is 1. The quantitative estimate of drug-likeness (QED) is 0.182. The molecule has 0 saturated heterocycles. The Morgan fingerprint density at radius 1 is 1.09 bits per heavy atom. The van der Waals surface area contributed by atoms with Gasteiger partial charge in [-0.3, -0.25) is 15.1 Å². The maximum absolute atomic E-state index is 11.3. The third-order valence-corrected chi connectivity index (χ3v) is 6.27. The molecule has 7 nitrogen and oxygen atoms in total. The van der Waals surface area contributed by atoms with E-state index in [1.165, 1.54) is 13.1 Å². The molecule has 0 fully saturated rings. The van der Waals surface area contributed by atoms with E-state index in [1.54, 1.807) is 43.3 Å². The van der Waals surface area contributed by atoms with Crippen LogP contribution in [0.2, 0.25) is 15.1 Å². The number of halogens is 3. The number of phenolic OH excluding ortho intramolecular Hbond substituents is 1. The summed E-state index contributed by atoms with van der Waals surface area (Å²) in [6, 6.07) is 10.1. The molecule has 0 saturated carbocycles. The van der Waals surface area contributed by atoms with Crippen LogP contribution >= 0.6 is 34.8 Å². The second-order valence-electron chi connectivity index (χ2n) is 6.99. The largest absolute Gasteiger partial charge is 0.502 e. The second-order valence-corrected chi connectivity index (χ2v) is 8.18. The highest BCUT2D eigenvalue weighted by atomic mass is 35.5. The van der Waals surface area contributed by atoms with E-state index in [2.05, 4.69) is 9.98 Å². The van der Waals surface area contributed by atoms with Gasteiger partial charge in [-0.1, -0.05) is 34.8 Å². The fourth-order valence-corrected chi connectivity index (χ4v) is 3.74. The molecule has 1 N–H and O–H groups in total. The first-order valence-electron chi connectivity index (χ1n) is 9.23. The summed E-state index contributed by atoms with van der Waals surface area (Å²) in [7, 11) is 0. The van der Waals surface area contributed by atoms with Crippen molar-refractivity contribution >= 4 is 63.5 Å². The van der Waals surface area contributed by atoms with Crippen molar-refractivity contribution in [3.63, 3.8) is 0 Å². The fraction of sp³-hybridized carbons (Fsp3) is 0.0909. The number of hydrogen-bond acceptors (Lipinski definition) is 6. The van der Waals surface area contributed by atoms with Gasteiger partial charge in [0, 0.05) is 22.9 Å². The van der Waals surface area contributed by atoms with Crippen LogP contribution in [-0.2, 0) is 0 Å². The lowest BCUT2D eigenvalue weighted by Gasteiger charge is -2.10. The summed E-state index contributed by atoms with van der Waals surface area (Å²) in [4.78, 5) is 19.5. The minimum absolute atomic E-state index is 0.170. The van der Waals surface area contributed by atoms with Crippen molar-refractivity contribution in [1.29, 1.82) is 0 Å². The van der Waals surface area contributed by atoms with E-state index in [0.29, 0.717) is 43.9 Å². The van der Waals surface area contributed by atoms with Crippen molar-refractivity contribution in [2.75, 3.05) is 0 Å². The number of benzene rings is 3. The predicted octanol–water partition coefficient (Wildman–Crippen LogP) is 7.44. The van der Waals surface area contributed by atoms with Crippen LogP contribution in [-0.4, -0.2) is 21.2 Å². The Kier molecular flexibility index (Phi) is 5.81. The van der Waals surface area contributed by atoms with Gasteiger partial charge in [-0.25, -0.2) is 4.98 Å². The lowest BCUT2D eigenvalue weighted by molar-refractivity contribution is -0.386. The van der Waals surface area contributed by atoms with Gasteiger partial charge in [-0.05, 0) is 55.8 Å². The highest BCUT2D eigenvalue weighted by molar-refractivity contribution is 6.42. The van der Waals surface area contributed by atoms with Crippen LogP contribution in [0.1, 0.15) is 16.7 Å². The van der Waals surface area contributed by atoms with Crippen molar-refractivity contribution in [3.8, 4) is 17.2 Å². The van der Waals surface area contributed by atoms with E-state index < -0.39 is 16.4 Å². The third-order valence-electron chi connectivity index (χ3n) is 4.96. The summed E-state index contributed by atoms with van der Waals surface area (Å²) in [5.74, 6) is -0.114. The number of rotatable bonds is 4. The van der Waals surface area contributed by atoms with E-state index in [9.17, 15) is 15.2 Å². The van der Waals surface area contributed by atoms with Crippen molar-refractivity contribution < 1.29 is 14.4 Å². The number of aromatic hydroxyl groups is 1. The highest BCUT2D eigenvalue weighted by Gasteiger charge is 2.25. The van der Waals surface area contributed by atoms with E-state index >= 15 is 0 Å². The Labute approximate surface area is 197 Å². The van der Waals surface area contributed by atoms with Gasteiger partial charge in [0.25, 0.3) is 0 Å². The van der Waals surface area contributed by atoms with Gasteiger partial charge in [-0.2, -0.15) is 0 Å². The molecule has 4 aromatic rings. The first-order valence-corrected chi connectivity index (χ1v) is 10.4. The van der Waals surface area contributed by atoms with Gasteiger partial charge in [-0.15, -0.1) is 0 Å². The van der Waals surface area contributed by atoms with Gasteiger partial charge >= 0.3 is 5.69 Å². The third kappa shape index (κ3) is 3.90. The summed E-state index contributed by atoms with van der Waals surface area (Å²) in [5, 5.41) is 22.8. The van der Waals surface area contributed by atoms with Crippen LogP contribution in [0.15, 0.2) is 45.8 Å². The molecule has 3 aromatic carbocycles. The molecule has 0 atom stereocenters. The first kappa shape index (κ1) is 22.1. The molecule has 0 aliphatic heterocycles. The average Bonchev–Trinajstić information content (AvgIpc) is 3.17. The van der Waals surface area contributed by atoms with Crippen LogP contribution in [0.5, 0.6) is 5.75 Å². The number of hydrogen-bond donors (Lipinski definition) is 1. The zero-order chi connectivity index (χ0) is 23.2. The maximum Gasteiger partial charge on any atom is 0.315 e. The van der Waals surface area contributed by atoms with Gasteiger partial charge < -0.3 is 9.52 Å². The average molecular weight is 491 g/mol. The molecule has 0 amide bonds. The molecule has 32 heavy (non-hydrogen) atoms. The van der Waals surface area contributed by atoms with Crippen molar-refractivity contribution in [2.45, 2.75) is 13.8 Å². The number of aliphatic imine (C=N–C) groups is 1. The Bertz CT molecular complexity index is 1430. The molecule has 0 aliphatic rings. The molecule has 4 rings (SSSR count). The molecule has 1 aromatic heterocycles. The first-order chi connectivity index (χ1) is 15.2. The molecule has 0 unspecified atom stereocenters. The number of nitro benzene ring substituents is 1. The Hall–Kier alpha value is -3.13. The summed E-state index contributed by atoms with van der Waals surface area (Å²) < 4.78 is 5.78. The van der Waals surface area contributed by atoms with Gasteiger partial charge in [0.1, 0.15) is 5.52 Å². The zero-order valence-electron chi connectivity index (χ0n) is 16.7. The molecule has 0 aliphatic carbocycles. The zero-order valence-corrected chi connectivity index (χ0v) is 19.0. The van der Waals surface area contributed by atoms with Gasteiger partial charge in [0.2, 0.25) is 11.6 Å². The van der Waals surface area contributed by atoms with Gasteiger partial charge in [0.05, 0.1) is 25.7 Å². The van der Waals surface area contributed by atoms with E-state index in [0.717, 1.165) is 0 Å². The standard InChI is InChI=1S/C22H14Cl3N3O4/c1-10-14(21(29)20(28(30)31)11(2)19(10)25)9-26-13-4-6-18-17(8-13)27-22(32-18)12-3-5-15(23)16(24)7-12/h3-9,29H,1-2H3. The molecule has 0 spiro atoms. The summed E-state index contributed by atoms with van der Waals surface area (Å²) in [6.45, 7) is 3.14. The molecule has 162 valence electrons. The van der Waals surface area contributed by atoms with Crippen LogP contribution in [0.25, 0.3) is 22.6 Å². The minimum atomic E-state index is -0.667. The molecular formula is C22H14Cl3N3O4. The van der Waals surface area contributed by atoms with E-state index in [-0.39, 0.29) is 16.1 Å². The Morgan fingerprint density at radius 3 is 2.53 bits per heavy atom. The molecule has 1 heterocycles. The van der Waals surface area contributed by atoms with Crippen molar-refractivity contribution in [3.05, 3.63) is 78.3 Å². The maximum atomic E-state index is 11.3. The fourth-order valence-electron chi connectivity index (χ4n) is 3.26. The smallest absolute Gasteiger partial charge is 0.315 e. The second kappa shape index (κ2) is 8.43. The Balaban J connectivity index is 1.73. The van der Waals surface area contributed by atoms with E-state index in [4.69, 9.17) is 39.2 Å². The van der Waals surface area contributed by atoms with E-state index in [1.807, 2.05) is 0 Å². The summed E-state index contributed by atoms with van der Waals surface area (Å²) in [5.41, 5.74) is 2.67. The van der Waals surface area contributed by atoms with Crippen LogP contribution < -0.4 is 0 Å². The molecular weight excluding hydrogens is 477 g/mol. The minimum Gasteiger partial charge on any atom is -0.502 e. The SMILES string of the molecule is Cc1c(Cl)c(C)c([N+](=O)[O-])c(O)c1C=Nc1ccc2oc(-c3ccc(Cl)c(Cl)c3)nc2c1. The Morgan fingerprint density at radius 2 is 1.84 bits per heavy atom. The molecule has 0 bridgehead atoms. The summed E-state index contributed by atoms with van der Waals surface area (Å²) >= 11 is 18.3. The molecule has 0 radical (unpaired) electrons. The number of nitro groups is 1. The van der Waals surface area contributed by atoms with Crippen LogP contribution in [0.4, 0.5) is 11.4 Å². The normalized spacial score (nSPS) is 11.5. The van der Waals surface area contributed by atoms with Crippen molar-refractivity contribution in [2.24, 2.45) is 4.99 Å². The number of nitrogens with zero attached hydrogens (tertiary/aromatic N) is 3. The van der Waals surface area contributed by atoms with Crippen molar-refractivity contribution in [1.82, 2.24) is 4.98 Å². The monoisotopic (exact) mass is 489 g/mol. The summed E-state index contributed by atoms with van der Waals surface area (Å²) in [6.07, 6.45) is 1.34.